The van der Waals surface area contributed by atoms with Crippen LogP contribution in [-0.4, -0.2) is 52.4 Å². The van der Waals surface area contributed by atoms with Crippen LogP contribution in [0.4, 0.5) is 5.82 Å². The molecule has 26 heavy (non-hydrogen) atoms. The van der Waals surface area contributed by atoms with Crippen LogP contribution in [-0.2, 0) is 33.3 Å². The molecule has 0 aliphatic carbocycles. The number of anilines is 1. The van der Waals surface area contributed by atoms with E-state index in [2.05, 4.69) is 4.98 Å². The van der Waals surface area contributed by atoms with Gasteiger partial charge in [0.25, 0.3) is 0 Å². The topological polar surface area (TPSA) is 149 Å². The average Bonchev–Trinajstić information content (AvgIpc) is 2.82. The van der Waals surface area contributed by atoms with Gasteiger partial charge in [0.05, 0.1) is 0 Å². The van der Waals surface area contributed by atoms with Crippen LogP contribution in [0.3, 0.4) is 0 Å². The van der Waals surface area contributed by atoms with Gasteiger partial charge >= 0.3 is 23.6 Å². The molecule has 11 nitrogen and oxygen atoms in total. The van der Waals surface area contributed by atoms with Gasteiger partial charge in [0.1, 0.15) is 18.5 Å². The molecular formula is C15H19N3O8. The molecule has 11 heteroatoms. The molecule has 0 aromatic carbocycles. The minimum Gasteiger partial charge on any atom is -0.463 e. The molecule has 0 amide bonds. The van der Waals surface area contributed by atoms with Crippen molar-refractivity contribution in [1.29, 1.82) is 0 Å². The van der Waals surface area contributed by atoms with E-state index in [1.165, 1.54) is 19.2 Å². The van der Waals surface area contributed by atoms with Crippen LogP contribution in [0.15, 0.2) is 17.1 Å². The number of hydrogen-bond acceptors (Lipinski definition) is 10. The molecule has 0 bridgehead atoms. The SMILES string of the molecule is CC(=O)OC[C@@H]1O[C@@H](n2ccc(N)nc2=O)[C@@H](OC(C)=O)[C@H]1OC(C)=O. The highest BCUT2D eigenvalue weighted by Crippen LogP contribution is 2.33. The number of carbonyl (C=O) groups is 3. The van der Waals surface area contributed by atoms with Crippen molar-refractivity contribution >= 4 is 23.7 Å². The van der Waals surface area contributed by atoms with Crippen LogP contribution in [0.2, 0.25) is 0 Å². The number of hydrogen-bond donors (Lipinski definition) is 1. The van der Waals surface area contributed by atoms with Crippen LogP contribution >= 0.6 is 0 Å². The van der Waals surface area contributed by atoms with Crippen molar-refractivity contribution in [3.63, 3.8) is 0 Å². The maximum atomic E-state index is 12.1. The largest absolute Gasteiger partial charge is 0.463 e. The van der Waals surface area contributed by atoms with Gasteiger partial charge < -0.3 is 24.7 Å². The lowest BCUT2D eigenvalue weighted by Gasteiger charge is -2.23. The number of nitrogens with two attached hydrogens (primary N) is 1. The Morgan fingerprint density at radius 2 is 1.77 bits per heavy atom. The van der Waals surface area contributed by atoms with Crippen LogP contribution in [0, 0.1) is 0 Å². The third-order valence-corrected chi connectivity index (χ3v) is 3.47. The quantitative estimate of drug-likeness (QED) is 0.513. The number of carbonyl (C=O) groups excluding carboxylic acids is 3. The molecular weight excluding hydrogens is 350 g/mol. The van der Waals surface area contributed by atoms with Gasteiger partial charge in [-0.15, -0.1) is 0 Å². The molecule has 2 heterocycles. The fourth-order valence-corrected chi connectivity index (χ4v) is 2.54. The summed E-state index contributed by atoms with van der Waals surface area (Å²) in [5, 5.41) is 0. The zero-order valence-corrected chi connectivity index (χ0v) is 14.4. The van der Waals surface area contributed by atoms with Gasteiger partial charge in [0.2, 0.25) is 0 Å². The molecule has 0 spiro atoms. The van der Waals surface area contributed by atoms with Crippen LogP contribution in [0.5, 0.6) is 0 Å². The highest BCUT2D eigenvalue weighted by molar-refractivity contribution is 5.68. The van der Waals surface area contributed by atoms with Crippen molar-refractivity contribution in [2.24, 2.45) is 0 Å². The molecule has 1 aromatic rings. The second-order valence-electron chi connectivity index (χ2n) is 5.56. The highest BCUT2D eigenvalue weighted by Gasteiger charge is 2.50. The number of ether oxygens (including phenoxy) is 4. The zero-order chi connectivity index (χ0) is 19.4. The molecule has 1 aliphatic heterocycles. The van der Waals surface area contributed by atoms with Crippen molar-refractivity contribution in [3.8, 4) is 0 Å². The van der Waals surface area contributed by atoms with Crippen LogP contribution in [0.25, 0.3) is 0 Å². The molecule has 4 atom stereocenters. The zero-order valence-electron chi connectivity index (χ0n) is 14.4. The first-order valence-electron chi connectivity index (χ1n) is 7.67. The van der Waals surface area contributed by atoms with E-state index in [4.69, 9.17) is 24.7 Å². The van der Waals surface area contributed by atoms with Crippen LogP contribution < -0.4 is 11.4 Å². The van der Waals surface area contributed by atoms with Gasteiger partial charge in [-0.25, -0.2) is 4.79 Å². The van der Waals surface area contributed by atoms with E-state index in [1.807, 2.05) is 0 Å². The van der Waals surface area contributed by atoms with Gasteiger partial charge in [0.15, 0.2) is 18.4 Å². The van der Waals surface area contributed by atoms with Gasteiger partial charge in [0, 0.05) is 27.0 Å². The fourth-order valence-electron chi connectivity index (χ4n) is 2.54. The van der Waals surface area contributed by atoms with Crippen molar-refractivity contribution < 1.29 is 33.3 Å². The first-order valence-corrected chi connectivity index (χ1v) is 7.67. The summed E-state index contributed by atoms with van der Waals surface area (Å²) >= 11 is 0. The second kappa shape index (κ2) is 7.95. The van der Waals surface area contributed by atoms with E-state index in [0.717, 1.165) is 18.4 Å². The van der Waals surface area contributed by atoms with E-state index in [9.17, 15) is 19.2 Å². The molecule has 2 rings (SSSR count). The highest BCUT2D eigenvalue weighted by atomic mass is 16.7. The van der Waals surface area contributed by atoms with E-state index in [-0.39, 0.29) is 12.4 Å². The Labute approximate surface area is 148 Å². The molecule has 1 aromatic heterocycles. The monoisotopic (exact) mass is 369 g/mol. The lowest BCUT2D eigenvalue weighted by molar-refractivity contribution is -0.166. The summed E-state index contributed by atoms with van der Waals surface area (Å²) in [7, 11) is 0. The third kappa shape index (κ3) is 4.57. The molecule has 0 radical (unpaired) electrons. The fraction of sp³-hybridized carbons (Fsp3) is 0.533. The van der Waals surface area contributed by atoms with Gasteiger partial charge in [-0.2, -0.15) is 4.98 Å². The summed E-state index contributed by atoms with van der Waals surface area (Å²) in [6, 6.07) is 1.36. The predicted octanol–water partition coefficient (Wildman–Crippen LogP) is -0.851. The third-order valence-electron chi connectivity index (χ3n) is 3.47. The lowest BCUT2D eigenvalue weighted by Crippen LogP contribution is -2.41. The Morgan fingerprint density at radius 3 is 2.31 bits per heavy atom. The Hall–Kier alpha value is -2.95. The first kappa shape index (κ1) is 19.4. The lowest BCUT2D eigenvalue weighted by atomic mass is 10.1. The number of nitrogens with zero attached hydrogens (tertiary/aromatic N) is 2. The van der Waals surface area contributed by atoms with E-state index in [0.29, 0.717) is 0 Å². The van der Waals surface area contributed by atoms with Crippen molar-refractivity contribution in [2.45, 2.75) is 45.3 Å². The summed E-state index contributed by atoms with van der Waals surface area (Å²) in [5.74, 6) is -1.91. The molecule has 1 fully saturated rings. The Bertz CT molecular complexity index is 762. The smallest absolute Gasteiger partial charge is 0.351 e. The molecule has 142 valence electrons. The van der Waals surface area contributed by atoms with E-state index < -0.39 is 48.1 Å². The average molecular weight is 369 g/mol. The summed E-state index contributed by atoms with van der Waals surface area (Å²) in [6.45, 7) is 3.26. The molecule has 0 saturated carbocycles. The Morgan fingerprint density at radius 1 is 1.15 bits per heavy atom. The van der Waals surface area contributed by atoms with Gasteiger partial charge in [-0.05, 0) is 6.07 Å². The van der Waals surface area contributed by atoms with Gasteiger partial charge in [-0.3, -0.25) is 19.0 Å². The number of esters is 3. The minimum atomic E-state index is -1.15. The maximum absolute atomic E-state index is 12.1. The summed E-state index contributed by atoms with van der Waals surface area (Å²) in [6.07, 6.45) is -3.04. The molecule has 1 aliphatic rings. The molecule has 1 saturated heterocycles. The Balaban J connectivity index is 2.40. The second-order valence-corrected chi connectivity index (χ2v) is 5.56. The summed E-state index contributed by atoms with van der Waals surface area (Å²) in [5.41, 5.74) is 4.72. The number of nitrogen functional groups attached to an aromatic ring is 1. The van der Waals surface area contributed by atoms with E-state index in [1.54, 1.807) is 0 Å². The van der Waals surface area contributed by atoms with Crippen molar-refractivity contribution in [3.05, 3.63) is 22.7 Å². The molecule has 2 N–H and O–H groups in total. The van der Waals surface area contributed by atoms with Gasteiger partial charge in [-0.1, -0.05) is 0 Å². The minimum absolute atomic E-state index is 0.00119. The van der Waals surface area contributed by atoms with Crippen molar-refractivity contribution in [1.82, 2.24) is 9.55 Å². The first-order chi connectivity index (χ1) is 12.2. The molecule has 0 unspecified atom stereocenters. The number of rotatable bonds is 5. The standard InChI is InChI=1S/C15H19N3O8/c1-7(19)23-6-10-12(24-8(2)20)13(25-9(3)21)14(26-10)18-5-4-11(16)17-15(18)22/h4-5,10,12-14H,6H2,1-3H3,(H2,16,17,22)/t10-,12-,13-,14+/m0/s1. The summed E-state index contributed by atoms with van der Waals surface area (Å²) < 4.78 is 22.1. The predicted molar refractivity (Wildman–Crippen MR) is 84.6 cm³/mol. The van der Waals surface area contributed by atoms with Crippen LogP contribution in [0.1, 0.15) is 27.0 Å². The Kier molecular flexibility index (Phi) is 5.93. The summed E-state index contributed by atoms with van der Waals surface area (Å²) in [4.78, 5) is 49.7. The van der Waals surface area contributed by atoms with E-state index >= 15 is 0 Å². The normalized spacial score (nSPS) is 24.7. The number of aromatic nitrogens is 2. The maximum Gasteiger partial charge on any atom is 0.351 e. The van der Waals surface area contributed by atoms with Crippen molar-refractivity contribution in [2.75, 3.05) is 12.3 Å².